The number of hydrogen-bond donors (Lipinski definition) is 2. The topological polar surface area (TPSA) is 58.4 Å². The summed E-state index contributed by atoms with van der Waals surface area (Å²) >= 11 is 0. The molecule has 0 rings (SSSR count). The van der Waals surface area contributed by atoms with Crippen LogP contribution in [0.5, 0.6) is 0 Å². The molecule has 15 heavy (non-hydrogen) atoms. The number of hydrogen-bond acceptors (Lipinski definition) is 3. The van der Waals surface area contributed by atoms with E-state index in [4.69, 9.17) is 5.84 Å². The SMILES string of the molecule is C=CCN(CC=C)C(CCC)C(=O)NN. The van der Waals surface area contributed by atoms with E-state index in [1.54, 1.807) is 12.2 Å². The summed E-state index contributed by atoms with van der Waals surface area (Å²) in [5, 5.41) is 0. The smallest absolute Gasteiger partial charge is 0.251 e. The number of hydrazine groups is 1. The molecule has 4 nitrogen and oxygen atoms in total. The molecule has 0 heterocycles. The van der Waals surface area contributed by atoms with Gasteiger partial charge in [-0.1, -0.05) is 25.5 Å². The quantitative estimate of drug-likeness (QED) is 0.270. The Morgan fingerprint density at radius 1 is 1.47 bits per heavy atom. The van der Waals surface area contributed by atoms with Crippen LogP contribution in [0.1, 0.15) is 19.8 Å². The molecule has 4 heteroatoms. The molecule has 0 aromatic carbocycles. The molecule has 0 spiro atoms. The predicted octanol–water partition coefficient (Wildman–Crippen LogP) is 0.819. The minimum absolute atomic E-state index is 0.152. The van der Waals surface area contributed by atoms with E-state index >= 15 is 0 Å². The molecular formula is C11H21N3O. The van der Waals surface area contributed by atoms with Crippen molar-refractivity contribution in [3.05, 3.63) is 25.3 Å². The van der Waals surface area contributed by atoms with E-state index in [2.05, 4.69) is 18.6 Å². The lowest BCUT2D eigenvalue weighted by molar-refractivity contribution is -0.126. The third-order valence-electron chi connectivity index (χ3n) is 2.18. The summed E-state index contributed by atoms with van der Waals surface area (Å²) < 4.78 is 0. The van der Waals surface area contributed by atoms with Crippen molar-refractivity contribution in [2.75, 3.05) is 13.1 Å². The second-order valence-electron chi connectivity index (χ2n) is 3.34. The zero-order chi connectivity index (χ0) is 11.7. The van der Waals surface area contributed by atoms with Crippen LogP contribution in [-0.2, 0) is 4.79 Å². The van der Waals surface area contributed by atoms with Crippen LogP contribution >= 0.6 is 0 Å². The van der Waals surface area contributed by atoms with E-state index in [-0.39, 0.29) is 11.9 Å². The maximum atomic E-state index is 11.5. The van der Waals surface area contributed by atoms with E-state index in [0.29, 0.717) is 13.1 Å². The lowest BCUT2D eigenvalue weighted by Gasteiger charge is -2.27. The molecule has 1 amide bonds. The highest BCUT2D eigenvalue weighted by Gasteiger charge is 2.22. The molecular weight excluding hydrogens is 190 g/mol. The Labute approximate surface area is 91.8 Å². The highest BCUT2D eigenvalue weighted by molar-refractivity contribution is 5.81. The number of carbonyl (C=O) groups is 1. The van der Waals surface area contributed by atoms with Crippen LogP contribution in [0.4, 0.5) is 0 Å². The van der Waals surface area contributed by atoms with Crippen LogP contribution in [0, 0.1) is 0 Å². The highest BCUT2D eigenvalue weighted by atomic mass is 16.2. The summed E-state index contributed by atoms with van der Waals surface area (Å²) in [4.78, 5) is 13.5. The Bertz CT molecular complexity index is 206. The standard InChI is InChI=1S/C11H21N3O/c1-4-7-10(11(15)13-12)14(8-5-2)9-6-3/h5-6,10H,2-4,7-9,12H2,1H3,(H,13,15). The normalized spacial score (nSPS) is 12.2. The number of rotatable bonds is 8. The summed E-state index contributed by atoms with van der Waals surface area (Å²) in [6, 6.07) is -0.198. The average molecular weight is 211 g/mol. The third-order valence-corrected chi connectivity index (χ3v) is 2.18. The molecule has 0 aromatic heterocycles. The summed E-state index contributed by atoms with van der Waals surface area (Å²) in [5.41, 5.74) is 2.20. The summed E-state index contributed by atoms with van der Waals surface area (Å²) in [7, 11) is 0. The van der Waals surface area contributed by atoms with Gasteiger partial charge >= 0.3 is 0 Å². The Balaban J connectivity index is 4.56. The first-order valence-corrected chi connectivity index (χ1v) is 5.17. The molecule has 0 fully saturated rings. The Morgan fingerprint density at radius 2 is 2.00 bits per heavy atom. The van der Waals surface area contributed by atoms with Crippen molar-refractivity contribution in [3.8, 4) is 0 Å². The van der Waals surface area contributed by atoms with Crippen molar-refractivity contribution in [2.24, 2.45) is 5.84 Å². The average Bonchev–Trinajstić information content (AvgIpc) is 2.25. The second kappa shape index (κ2) is 8.20. The van der Waals surface area contributed by atoms with Gasteiger partial charge in [-0.25, -0.2) is 5.84 Å². The van der Waals surface area contributed by atoms with Gasteiger partial charge in [-0.2, -0.15) is 0 Å². The summed E-state index contributed by atoms with van der Waals surface area (Å²) in [6.07, 6.45) is 5.26. The molecule has 0 aromatic rings. The summed E-state index contributed by atoms with van der Waals surface area (Å²) in [6.45, 7) is 10.7. The first-order chi connectivity index (χ1) is 7.21. The van der Waals surface area contributed by atoms with Crippen LogP contribution in [0.2, 0.25) is 0 Å². The number of amides is 1. The van der Waals surface area contributed by atoms with E-state index in [1.165, 1.54) is 0 Å². The van der Waals surface area contributed by atoms with Crippen LogP contribution in [0.25, 0.3) is 0 Å². The van der Waals surface area contributed by atoms with Gasteiger partial charge in [-0.05, 0) is 6.42 Å². The molecule has 0 aliphatic heterocycles. The fraction of sp³-hybridized carbons (Fsp3) is 0.545. The highest BCUT2D eigenvalue weighted by Crippen LogP contribution is 2.07. The Kier molecular flexibility index (Phi) is 7.58. The van der Waals surface area contributed by atoms with Crippen molar-refractivity contribution < 1.29 is 4.79 Å². The molecule has 0 saturated heterocycles. The molecule has 0 bridgehead atoms. The largest absolute Gasteiger partial charge is 0.293 e. The van der Waals surface area contributed by atoms with Gasteiger partial charge in [0, 0.05) is 13.1 Å². The zero-order valence-corrected chi connectivity index (χ0v) is 9.41. The van der Waals surface area contributed by atoms with E-state index < -0.39 is 0 Å². The monoisotopic (exact) mass is 211 g/mol. The number of nitrogens with two attached hydrogens (primary N) is 1. The molecule has 0 saturated carbocycles. The predicted molar refractivity (Wildman–Crippen MR) is 63.0 cm³/mol. The minimum atomic E-state index is -0.198. The fourth-order valence-corrected chi connectivity index (χ4v) is 1.51. The van der Waals surface area contributed by atoms with Crippen molar-refractivity contribution in [3.63, 3.8) is 0 Å². The van der Waals surface area contributed by atoms with Crippen molar-refractivity contribution in [2.45, 2.75) is 25.8 Å². The first kappa shape index (κ1) is 13.9. The van der Waals surface area contributed by atoms with Gasteiger partial charge in [0.2, 0.25) is 0 Å². The maximum absolute atomic E-state index is 11.5. The Morgan fingerprint density at radius 3 is 2.33 bits per heavy atom. The van der Waals surface area contributed by atoms with Crippen molar-refractivity contribution in [1.29, 1.82) is 0 Å². The number of nitrogens with zero attached hydrogens (tertiary/aromatic N) is 1. The summed E-state index contributed by atoms with van der Waals surface area (Å²) in [5.74, 6) is 5.00. The third kappa shape index (κ3) is 4.76. The maximum Gasteiger partial charge on any atom is 0.251 e. The molecule has 1 unspecified atom stereocenters. The zero-order valence-electron chi connectivity index (χ0n) is 9.41. The van der Waals surface area contributed by atoms with Crippen molar-refractivity contribution >= 4 is 5.91 Å². The molecule has 3 N–H and O–H groups in total. The van der Waals surface area contributed by atoms with Gasteiger partial charge in [-0.15, -0.1) is 13.2 Å². The number of nitrogens with one attached hydrogen (secondary N) is 1. The first-order valence-electron chi connectivity index (χ1n) is 5.17. The lowest BCUT2D eigenvalue weighted by Crippen LogP contribution is -2.49. The van der Waals surface area contributed by atoms with E-state index in [9.17, 15) is 4.79 Å². The van der Waals surface area contributed by atoms with Crippen LogP contribution in [-0.4, -0.2) is 29.9 Å². The van der Waals surface area contributed by atoms with Gasteiger partial charge in [0.25, 0.3) is 5.91 Å². The van der Waals surface area contributed by atoms with Crippen LogP contribution in [0.3, 0.4) is 0 Å². The molecule has 0 radical (unpaired) electrons. The number of carbonyl (C=O) groups excluding carboxylic acids is 1. The fourth-order valence-electron chi connectivity index (χ4n) is 1.51. The van der Waals surface area contributed by atoms with Gasteiger partial charge in [0.1, 0.15) is 0 Å². The second-order valence-corrected chi connectivity index (χ2v) is 3.34. The lowest BCUT2D eigenvalue weighted by atomic mass is 10.1. The van der Waals surface area contributed by atoms with Gasteiger partial charge in [0.05, 0.1) is 6.04 Å². The minimum Gasteiger partial charge on any atom is -0.293 e. The van der Waals surface area contributed by atoms with Gasteiger partial charge < -0.3 is 0 Å². The molecule has 0 aliphatic rings. The van der Waals surface area contributed by atoms with Crippen LogP contribution < -0.4 is 11.3 Å². The molecule has 0 aliphatic carbocycles. The van der Waals surface area contributed by atoms with Gasteiger partial charge in [0.15, 0.2) is 0 Å². The van der Waals surface area contributed by atoms with E-state index in [0.717, 1.165) is 12.8 Å². The Hall–Kier alpha value is -1.13. The van der Waals surface area contributed by atoms with E-state index in [1.807, 2.05) is 11.8 Å². The van der Waals surface area contributed by atoms with Crippen LogP contribution in [0.15, 0.2) is 25.3 Å². The van der Waals surface area contributed by atoms with Gasteiger partial charge in [-0.3, -0.25) is 15.1 Å². The molecule has 1 atom stereocenters. The molecule has 86 valence electrons. The van der Waals surface area contributed by atoms with Crippen molar-refractivity contribution in [1.82, 2.24) is 10.3 Å².